The van der Waals surface area contributed by atoms with Crippen LogP contribution in [0.1, 0.15) is 23.7 Å². The van der Waals surface area contributed by atoms with Crippen molar-refractivity contribution in [2.75, 3.05) is 17.7 Å². The third kappa shape index (κ3) is 4.13. The van der Waals surface area contributed by atoms with Crippen LogP contribution in [-0.4, -0.2) is 28.9 Å². The van der Waals surface area contributed by atoms with Crippen molar-refractivity contribution in [2.24, 2.45) is 0 Å². The first-order valence-electron chi connectivity index (χ1n) is 5.80. The van der Waals surface area contributed by atoms with E-state index in [0.717, 1.165) is 12.2 Å². The van der Waals surface area contributed by atoms with Crippen LogP contribution in [0.2, 0.25) is 0 Å². The van der Waals surface area contributed by atoms with Crippen molar-refractivity contribution in [1.82, 2.24) is 5.32 Å². The average Bonchev–Trinajstić information content (AvgIpc) is 2.35. The number of nitro benzene ring substituents is 1. The lowest BCUT2D eigenvalue weighted by Gasteiger charge is -2.14. The van der Waals surface area contributed by atoms with Crippen LogP contribution >= 0.6 is 11.8 Å². The molecule has 7 heteroatoms. The zero-order chi connectivity index (χ0) is 14.4. The Morgan fingerprint density at radius 1 is 1.58 bits per heavy atom. The van der Waals surface area contributed by atoms with Gasteiger partial charge in [0.1, 0.15) is 5.56 Å². The monoisotopic (exact) mass is 283 g/mol. The summed E-state index contributed by atoms with van der Waals surface area (Å²) < 4.78 is 0. The summed E-state index contributed by atoms with van der Waals surface area (Å²) in [5.74, 6) is 0.409. The van der Waals surface area contributed by atoms with Crippen LogP contribution in [0, 0.1) is 10.1 Å². The molecule has 0 aliphatic rings. The Balaban J connectivity index is 2.90. The minimum atomic E-state index is -0.599. The van der Waals surface area contributed by atoms with E-state index in [9.17, 15) is 14.9 Å². The van der Waals surface area contributed by atoms with Crippen molar-refractivity contribution in [2.45, 2.75) is 19.4 Å². The van der Waals surface area contributed by atoms with Crippen LogP contribution in [0.5, 0.6) is 0 Å². The minimum Gasteiger partial charge on any atom is -0.398 e. The van der Waals surface area contributed by atoms with Gasteiger partial charge in [-0.3, -0.25) is 14.9 Å². The molecule has 0 spiro atoms. The Morgan fingerprint density at radius 2 is 2.26 bits per heavy atom. The normalized spacial score (nSPS) is 11.9. The maximum Gasteiger partial charge on any atom is 0.284 e. The van der Waals surface area contributed by atoms with E-state index in [1.165, 1.54) is 18.2 Å². The minimum absolute atomic E-state index is 0.0563. The molecule has 1 aromatic carbocycles. The number of nitro groups is 1. The van der Waals surface area contributed by atoms with E-state index in [0.29, 0.717) is 0 Å². The fourth-order valence-electron chi connectivity index (χ4n) is 1.62. The van der Waals surface area contributed by atoms with Crippen LogP contribution in [0.3, 0.4) is 0 Å². The van der Waals surface area contributed by atoms with Crippen molar-refractivity contribution in [3.05, 3.63) is 33.9 Å². The highest BCUT2D eigenvalue weighted by Crippen LogP contribution is 2.24. The molecule has 0 aliphatic carbocycles. The molecule has 104 valence electrons. The molecule has 0 radical (unpaired) electrons. The molecule has 0 bridgehead atoms. The summed E-state index contributed by atoms with van der Waals surface area (Å²) >= 11 is 1.68. The number of nitrogens with one attached hydrogen (secondary N) is 1. The molecule has 0 fully saturated rings. The van der Waals surface area contributed by atoms with E-state index in [-0.39, 0.29) is 23.0 Å². The van der Waals surface area contributed by atoms with Crippen molar-refractivity contribution in [3.8, 4) is 0 Å². The van der Waals surface area contributed by atoms with Gasteiger partial charge in [-0.15, -0.1) is 0 Å². The Hall–Kier alpha value is -1.76. The number of nitrogens with two attached hydrogens (primary N) is 1. The fourth-order valence-corrected chi connectivity index (χ4v) is 2.21. The number of rotatable bonds is 6. The topological polar surface area (TPSA) is 98.3 Å². The molecule has 0 aliphatic heterocycles. The second-order valence-electron chi connectivity index (χ2n) is 4.15. The van der Waals surface area contributed by atoms with Gasteiger partial charge in [0.05, 0.1) is 10.6 Å². The van der Waals surface area contributed by atoms with Gasteiger partial charge in [-0.25, -0.2) is 0 Å². The number of amides is 1. The molecular formula is C12H17N3O3S. The molecule has 0 heterocycles. The molecule has 0 saturated carbocycles. The van der Waals surface area contributed by atoms with Gasteiger partial charge in [0.25, 0.3) is 11.6 Å². The third-order valence-electron chi connectivity index (χ3n) is 2.63. The predicted octanol–water partition coefficient (Wildman–Crippen LogP) is 2.05. The van der Waals surface area contributed by atoms with Gasteiger partial charge in [-0.05, 0) is 31.4 Å². The maximum atomic E-state index is 12.1. The van der Waals surface area contributed by atoms with E-state index in [2.05, 4.69) is 5.32 Å². The molecule has 1 atom stereocenters. The smallest absolute Gasteiger partial charge is 0.284 e. The summed E-state index contributed by atoms with van der Waals surface area (Å²) in [5.41, 5.74) is 5.45. The van der Waals surface area contributed by atoms with Crippen molar-refractivity contribution >= 4 is 29.0 Å². The van der Waals surface area contributed by atoms with Crippen LogP contribution in [0.4, 0.5) is 11.4 Å². The van der Waals surface area contributed by atoms with Gasteiger partial charge < -0.3 is 11.1 Å². The fraction of sp³-hybridized carbons (Fsp3) is 0.417. The average molecular weight is 283 g/mol. The molecule has 0 aromatic heterocycles. The zero-order valence-corrected chi connectivity index (χ0v) is 11.7. The zero-order valence-electron chi connectivity index (χ0n) is 10.9. The molecule has 0 saturated heterocycles. The van der Waals surface area contributed by atoms with Gasteiger partial charge in [0, 0.05) is 12.1 Å². The number of anilines is 1. The van der Waals surface area contributed by atoms with Crippen molar-refractivity contribution in [1.29, 1.82) is 0 Å². The highest BCUT2D eigenvalue weighted by atomic mass is 32.2. The number of thioether (sulfide) groups is 1. The number of hydrogen-bond acceptors (Lipinski definition) is 5. The highest BCUT2D eigenvalue weighted by molar-refractivity contribution is 7.98. The summed E-state index contributed by atoms with van der Waals surface area (Å²) in [4.78, 5) is 22.4. The number of carbonyl (C=O) groups excluding carboxylic acids is 1. The van der Waals surface area contributed by atoms with Crippen molar-refractivity contribution < 1.29 is 9.72 Å². The number of nitrogen functional groups attached to an aromatic ring is 1. The number of benzene rings is 1. The lowest BCUT2D eigenvalue weighted by Crippen LogP contribution is -2.33. The molecular weight excluding hydrogens is 266 g/mol. The Labute approximate surface area is 115 Å². The number of carbonyl (C=O) groups is 1. The summed E-state index contributed by atoms with van der Waals surface area (Å²) in [6, 6.07) is 4.16. The van der Waals surface area contributed by atoms with Gasteiger partial charge >= 0.3 is 0 Å². The predicted molar refractivity (Wildman–Crippen MR) is 77.4 cm³/mol. The lowest BCUT2D eigenvalue weighted by atomic mass is 10.1. The van der Waals surface area contributed by atoms with E-state index < -0.39 is 10.8 Å². The third-order valence-corrected chi connectivity index (χ3v) is 3.27. The highest BCUT2D eigenvalue weighted by Gasteiger charge is 2.23. The van der Waals surface area contributed by atoms with Crippen LogP contribution in [-0.2, 0) is 0 Å². The van der Waals surface area contributed by atoms with Gasteiger partial charge in [0.2, 0.25) is 0 Å². The molecule has 1 rings (SSSR count). The van der Waals surface area contributed by atoms with E-state index in [1.54, 1.807) is 11.8 Å². The summed E-state index contributed by atoms with van der Waals surface area (Å²) in [5, 5.41) is 13.6. The Kier molecular flexibility index (Phi) is 5.62. The first-order valence-corrected chi connectivity index (χ1v) is 7.19. The largest absolute Gasteiger partial charge is 0.398 e. The molecule has 1 aromatic rings. The van der Waals surface area contributed by atoms with Crippen molar-refractivity contribution in [3.63, 3.8) is 0 Å². The molecule has 6 nitrogen and oxygen atoms in total. The van der Waals surface area contributed by atoms with Gasteiger partial charge in [0.15, 0.2) is 0 Å². The lowest BCUT2D eigenvalue weighted by molar-refractivity contribution is -0.385. The van der Waals surface area contributed by atoms with E-state index in [4.69, 9.17) is 5.73 Å². The Bertz CT molecular complexity index is 479. The first-order chi connectivity index (χ1) is 8.97. The second kappa shape index (κ2) is 6.98. The van der Waals surface area contributed by atoms with Crippen LogP contribution < -0.4 is 11.1 Å². The number of nitrogens with zero attached hydrogens (tertiary/aromatic N) is 1. The summed E-state index contributed by atoms with van der Waals surface area (Å²) in [7, 11) is 0. The van der Waals surface area contributed by atoms with E-state index in [1.807, 2.05) is 13.2 Å². The Morgan fingerprint density at radius 3 is 2.84 bits per heavy atom. The SMILES string of the molecule is CSCC[C@@H](C)NC(=O)c1c(N)cccc1[N+](=O)[O-]. The summed E-state index contributed by atoms with van der Waals surface area (Å²) in [6.07, 6.45) is 2.78. The second-order valence-corrected chi connectivity index (χ2v) is 5.14. The summed E-state index contributed by atoms with van der Waals surface area (Å²) in [6.45, 7) is 1.86. The van der Waals surface area contributed by atoms with Gasteiger partial charge in [-0.1, -0.05) is 6.07 Å². The van der Waals surface area contributed by atoms with Gasteiger partial charge in [-0.2, -0.15) is 11.8 Å². The number of hydrogen-bond donors (Lipinski definition) is 2. The quantitative estimate of drug-likeness (QED) is 0.473. The first kappa shape index (κ1) is 15.3. The van der Waals surface area contributed by atoms with Crippen LogP contribution in [0.25, 0.3) is 0 Å². The molecule has 1 amide bonds. The molecule has 3 N–H and O–H groups in total. The van der Waals surface area contributed by atoms with E-state index >= 15 is 0 Å². The molecule has 19 heavy (non-hydrogen) atoms. The molecule has 0 unspecified atom stereocenters. The maximum absolute atomic E-state index is 12.1. The standard InChI is InChI=1S/C12H17N3O3S/c1-8(6-7-19-2)14-12(16)11-9(13)4-3-5-10(11)15(17)18/h3-5,8H,6-7,13H2,1-2H3,(H,14,16)/t8-/m1/s1. The van der Waals surface area contributed by atoms with Crippen LogP contribution in [0.15, 0.2) is 18.2 Å².